The summed E-state index contributed by atoms with van der Waals surface area (Å²) in [6.07, 6.45) is 5.83. The van der Waals surface area contributed by atoms with Gasteiger partial charge >= 0.3 is 0 Å². The van der Waals surface area contributed by atoms with Gasteiger partial charge < -0.3 is 25.8 Å². The van der Waals surface area contributed by atoms with Crippen molar-refractivity contribution in [2.45, 2.75) is 64.1 Å². The molecule has 7 nitrogen and oxygen atoms in total. The van der Waals surface area contributed by atoms with Gasteiger partial charge in [0.2, 0.25) is 0 Å². The van der Waals surface area contributed by atoms with Crippen molar-refractivity contribution in [1.82, 2.24) is 21.3 Å². The standard InChI is InChI=1S/C22H35N5O2/c1-13-9-19(23-3)27-22(25-13)26-18-11-16-5-4-8-29-21(16)20(14(18)2)15-6-7-24-12-17(28)10-15/h6,11,13,17,19,22-28H,4-5,7-10,12H2,1-3H3/t13?,17-,19?,22?/m0/s1. The lowest BCUT2D eigenvalue weighted by molar-refractivity contribution is 0.180. The number of rotatable bonds is 4. The van der Waals surface area contributed by atoms with Crippen molar-refractivity contribution in [3.05, 3.63) is 28.8 Å². The van der Waals surface area contributed by atoms with Gasteiger partial charge in [-0.05, 0) is 62.9 Å². The lowest BCUT2D eigenvalue weighted by atomic mass is 9.89. The van der Waals surface area contributed by atoms with E-state index in [2.05, 4.69) is 52.6 Å². The second-order valence-corrected chi connectivity index (χ2v) is 8.50. The van der Waals surface area contributed by atoms with Crippen molar-refractivity contribution in [2.24, 2.45) is 0 Å². The van der Waals surface area contributed by atoms with Crippen LogP contribution in [0.2, 0.25) is 0 Å². The minimum absolute atomic E-state index is 0.0133. The number of β-amino-alcohol motifs (C(OH)–C–C–N with tert-alkyl or cyclic N) is 1. The Kier molecular flexibility index (Phi) is 6.41. The van der Waals surface area contributed by atoms with Crippen LogP contribution in [0.3, 0.4) is 0 Å². The fourth-order valence-corrected chi connectivity index (χ4v) is 4.66. The second-order valence-electron chi connectivity index (χ2n) is 8.50. The van der Waals surface area contributed by atoms with Gasteiger partial charge in [-0.1, -0.05) is 6.08 Å². The van der Waals surface area contributed by atoms with Crippen LogP contribution in [0.5, 0.6) is 5.75 Å². The average molecular weight is 402 g/mol. The summed E-state index contributed by atoms with van der Waals surface area (Å²) in [5.74, 6) is 1.01. The molecule has 3 heterocycles. The zero-order valence-electron chi connectivity index (χ0n) is 17.8. The number of ether oxygens (including phenoxy) is 1. The quantitative estimate of drug-likeness (QED) is 0.453. The van der Waals surface area contributed by atoms with E-state index in [-0.39, 0.29) is 18.6 Å². The summed E-state index contributed by atoms with van der Waals surface area (Å²) in [6, 6.07) is 2.66. The van der Waals surface area contributed by atoms with Crippen molar-refractivity contribution in [3.8, 4) is 5.75 Å². The fraction of sp³-hybridized carbons (Fsp3) is 0.636. The predicted octanol–water partition coefficient (Wildman–Crippen LogP) is 1.27. The first kappa shape index (κ1) is 20.6. The van der Waals surface area contributed by atoms with E-state index >= 15 is 0 Å². The largest absolute Gasteiger partial charge is 0.493 e. The van der Waals surface area contributed by atoms with E-state index in [9.17, 15) is 5.11 Å². The minimum Gasteiger partial charge on any atom is -0.493 e. The predicted molar refractivity (Wildman–Crippen MR) is 117 cm³/mol. The first-order valence-electron chi connectivity index (χ1n) is 10.9. The molecule has 0 aliphatic carbocycles. The van der Waals surface area contributed by atoms with Gasteiger partial charge in [-0.3, -0.25) is 10.6 Å². The third-order valence-corrected chi connectivity index (χ3v) is 6.16. The minimum atomic E-state index is -0.377. The summed E-state index contributed by atoms with van der Waals surface area (Å²) >= 11 is 0. The van der Waals surface area contributed by atoms with E-state index < -0.39 is 0 Å². The molecule has 29 heavy (non-hydrogen) atoms. The van der Waals surface area contributed by atoms with Crippen LogP contribution in [0.4, 0.5) is 5.69 Å². The highest BCUT2D eigenvalue weighted by Crippen LogP contribution is 2.41. The number of aliphatic hydroxyl groups is 1. The highest BCUT2D eigenvalue weighted by molar-refractivity contribution is 5.80. The van der Waals surface area contributed by atoms with E-state index in [1.54, 1.807) is 0 Å². The number of aliphatic hydroxyl groups excluding tert-OH is 1. The van der Waals surface area contributed by atoms with E-state index in [0.717, 1.165) is 49.4 Å². The topological polar surface area (TPSA) is 89.6 Å². The zero-order chi connectivity index (χ0) is 20.4. The number of fused-ring (bicyclic) bond motifs is 1. The van der Waals surface area contributed by atoms with E-state index in [1.807, 2.05) is 7.05 Å². The molecule has 0 radical (unpaired) electrons. The van der Waals surface area contributed by atoms with E-state index in [4.69, 9.17) is 4.74 Å². The number of hydrogen-bond acceptors (Lipinski definition) is 7. The number of hydrogen-bond donors (Lipinski definition) is 6. The van der Waals surface area contributed by atoms with Gasteiger partial charge in [-0.2, -0.15) is 0 Å². The van der Waals surface area contributed by atoms with Crippen molar-refractivity contribution >= 4 is 11.3 Å². The molecule has 3 aliphatic heterocycles. The molecule has 4 atom stereocenters. The maximum atomic E-state index is 10.3. The first-order valence-corrected chi connectivity index (χ1v) is 10.9. The summed E-state index contributed by atoms with van der Waals surface area (Å²) in [7, 11) is 1.99. The molecule has 0 saturated carbocycles. The summed E-state index contributed by atoms with van der Waals surface area (Å²) < 4.78 is 6.15. The molecule has 1 fully saturated rings. The highest BCUT2D eigenvalue weighted by Gasteiger charge is 2.27. The van der Waals surface area contributed by atoms with Crippen LogP contribution < -0.4 is 31.3 Å². The molecule has 1 aromatic rings. The molecule has 7 heteroatoms. The number of anilines is 1. The summed E-state index contributed by atoms with van der Waals surface area (Å²) in [4.78, 5) is 0. The van der Waals surface area contributed by atoms with Gasteiger partial charge in [0, 0.05) is 36.8 Å². The Bertz CT molecular complexity index is 766. The molecular weight excluding hydrogens is 366 g/mol. The lowest BCUT2D eigenvalue weighted by Crippen LogP contribution is -2.63. The molecule has 160 valence electrons. The van der Waals surface area contributed by atoms with Crippen molar-refractivity contribution in [2.75, 3.05) is 32.1 Å². The molecule has 0 spiro atoms. The monoisotopic (exact) mass is 401 g/mol. The van der Waals surface area contributed by atoms with Crippen molar-refractivity contribution in [3.63, 3.8) is 0 Å². The Morgan fingerprint density at radius 1 is 1.28 bits per heavy atom. The van der Waals surface area contributed by atoms with Crippen molar-refractivity contribution < 1.29 is 9.84 Å². The molecule has 4 rings (SSSR count). The number of nitrogens with one attached hydrogen (secondary N) is 5. The fourth-order valence-electron chi connectivity index (χ4n) is 4.66. The first-order chi connectivity index (χ1) is 14.0. The Balaban J connectivity index is 1.69. The van der Waals surface area contributed by atoms with Crippen LogP contribution in [-0.4, -0.2) is 56.5 Å². The molecule has 3 aliphatic rings. The summed E-state index contributed by atoms with van der Waals surface area (Å²) in [5.41, 5.74) is 5.87. The molecule has 3 unspecified atom stereocenters. The molecular formula is C22H35N5O2. The van der Waals surface area contributed by atoms with Crippen LogP contribution in [-0.2, 0) is 6.42 Å². The number of benzene rings is 1. The van der Waals surface area contributed by atoms with Crippen LogP contribution >= 0.6 is 0 Å². The Morgan fingerprint density at radius 2 is 2.14 bits per heavy atom. The van der Waals surface area contributed by atoms with Gasteiger partial charge in [-0.15, -0.1) is 0 Å². The lowest BCUT2D eigenvalue weighted by Gasteiger charge is -2.37. The van der Waals surface area contributed by atoms with Crippen LogP contribution in [0.25, 0.3) is 5.57 Å². The van der Waals surface area contributed by atoms with Gasteiger partial charge in [-0.25, -0.2) is 0 Å². The van der Waals surface area contributed by atoms with Crippen LogP contribution in [0, 0.1) is 6.92 Å². The van der Waals surface area contributed by atoms with Gasteiger partial charge in [0.15, 0.2) is 0 Å². The Hall–Kier alpha value is -1.64. The maximum Gasteiger partial charge on any atom is 0.133 e. The second kappa shape index (κ2) is 9.02. The van der Waals surface area contributed by atoms with Crippen LogP contribution in [0.15, 0.2) is 12.1 Å². The Labute approximate surface area is 173 Å². The summed E-state index contributed by atoms with van der Waals surface area (Å²) in [5, 5.41) is 27.8. The molecule has 1 aromatic carbocycles. The van der Waals surface area contributed by atoms with Crippen LogP contribution in [0.1, 0.15) is 42.9 Å². The number of aryl methyl sites for hydroxylation is 1. The Morgan fingerprint density at radius 3 is 2.97 bits per heavy atom. The molecule has 1 saturated heterocycles. The highest BCUT2D eigenvalue weighted by atomic mass is 16.5. The molecule has 6 N–H and O–H groups in total. The van der Waals surface area contributed by atoms with Crippen molar-refractivity contribution in [1.29, 1.82) is 0 Å². The van der Waals surface area contributed by atoms with Gasteiger partial charge in [0.1, 0.15) is 12.0 Å². The normalized spacial score (nSPS) is 30.0. The third kappa shape index (κ3) is 4.59. The summed E-state index contributed by atoms with van der Waals surface area (Å²) in [6.45, 7) is 6.52. The van der Waals surface area contributed by atoms with E-state index in [1.165, 1.54) is 16.7 Å². The van der Waals surface area contributed by atoms with Gasteiger partial charge in [0.05, 0.1) is 18.9 Å². The molecule has 0 bridgehead atoms. The van der Waals surface area contributed by atoms with Gasteiger partial charge in [0.25, 0.3) is 0 Å². The SMILES string of the molecule is CNC1CC(C)NC(Nc2cc3c(c(C4=CCNC[C@@H](O)C4)c2C)OCCC3)N1. The third-order valence-electron chi connectivity index (χ3n) is 6.16. The zero-order valence-corrected chi connectivity index (χ0v) is 17.8. The smallest absolute Gasteiger partial charge is 0.133 e. The maximum absolute atomic E-state index is 10.3. The molecule has 0 amide bonds. The average Bonchev–Trinajstić information content (AvgIpc) is 2.92. The molecule has 0 aromatic heterocycles. The van der Waals surface area contributed by atoms with E-state index in [0.29, 0.717) is 19.0 Å².